The van der Waals surface area contributed by atoms with Crippen molar-refractivity contribution < 1.29 is 9.59 Å². The number of carbonyl (C=O) groups excluding carboxylic acids is 2. The van der Waals surface area contributed by atoms with Gasteiger partial charge in [-0.3, -0.25) is 19.4 Å². The Kier molecular flexibility index (Phi) is 8.25. The number of benzene rings is 1. The molecule has 0 bridgehead atoms. The number of hydrogen-bond donors (Lipinski definition) is 1. The largest absolute Gasteiger partial charge is 0.339 e. The number of likely N-dealkylation sites (N-methyl/N-ethyl adjacent to an activating group) is 1. The molecule has 6 nitrogen and oxygen atoms in total. The fourth-order valence-corrected chi connectivity index (χ4v) is 3.39. The lowest BCUT2D eigenvalue weighted by molar-refractivity contribution is -0.134. The number of piperazine rings is 1. The maximum Gasteiger partial charge on any atom is 0.238 e. The van der Waals surface area contributed by atoms with Crippen LogP contribution in [0.5, 0.6) is 0 Å². The fraction of sp³-hybridized carbons (Fsp3) is 0.619. The smallest absolute Gasteiger partial charge is 0.238 e. The van der Waals surface area contributed by atoms with Gasteiger partial charge in [0, 0.05) is 31.9 Å². The van der Waals surface area contributed by atoms with E-state index in [9.17, 15) is 9.59 Å². The molecular weight excluding hydrogens is 340 g/mol. The fourth-order valence-electron chi connectivity index (χ4n) is 3.39. The molecule has 1 aromatic rings. The van der Waals surface area contributed by atoms with Crippen LogP contribution in [0, 0.1) is 13.8 Å². The molecule has 1 saturated heterocycles. The monoisotopic (exact) mass is 374 g/mol. The molecule has 1 aliphatic rings. The second-order valence-electron chi connectivity index (χ2n) is 7.56. The highest BCUT2D eigenvalue weighted by Gasteiger charge is 2.23. The topological polar surface area (TPSA) is 55.9 Å². The van der Waals surface area contributed by atoms with Gasteiger partial charge in [0.05, 0.1) is 13.1 Å². The van der Waals surface area contributed by atoms with E-state index in [4.69, 9.17) is 0 Å². The Hall–Kier alpha value is -1.92. The Labute approximate surface area is 163 Å². The van der Waals surface area contributed by atoms with Crippen LogP contribution in [0.4, 0.5) is 5.69 Å². The van der Waals surface area contributed by atoms with Crippen molar-refractivity contribution in [2.24, 2.45) is 0 Å². The maximum atomic E-state index is 12.4. The minimum atomic E-state index is 0.00600. The van der Waals surface area contributed by atoms with Crippen molar-refractivity contribution >= 4 is 17.5 Å². The molecule has 0 spiro atoms. The summed E-state index contributed by atoms with van der Waals surface area (Å²) in [6.07, 6.45) is 2.26. The van der Waals surface area contributed by atoms with Crippen molar-refractivity contribution in [2.75, 3.05) is 58.2 Å². The molecule has 0 atom stereocenters. The van der Waals surface area contributed by atoms with E-state index in [0.29, 0.717) is 26.2 Å². The van der Waals surface area contributed by atoms with Gasteiger partial charge >= 0.3 is 0 Å². The van der Waals surface area contributed by atoms with Crippen LogP contribution in [-0.2, 0) is 9.59 Å². The highest BCUT2D eigenvalue weighted by atomic mass is 16.2. The molecule has 27 heavy (non-hydrogen) atoms. The van der Waals surface area contributed by atoms with Crippen LogP contribution < -0.4 is 5.32 Å². The highest BCUT2D eigenvalue weighted by molar-refractivity contribution is 5.93. The van der Waals surface area contributed by atoms with Crippen molar-refractivity contribution in [1.82, 2.24) is 14.7 Å². The van der Waals surface area contributed by atoms with E-state index in [2.05, 4.69) is 22.0 Å². The molecule has 1 fully saturated rings. The molecule has 1 N–H and O–H groups in total. The van der Waals surface area contributed by atoms with E-state index < -0.39 is 0 Å². The molecule has 0 radical (unpaired) electrons. The van der Waals surface area contributed by atoms with Gasteiger partial charge in [0.2, 0.25) is 11.8 Å². The van der Waals surface area contributed by atoms with E-state index in [1.165, 1.54) is 0 Å². The lowest BCUT2D eigenvalue weighted by Gasteiger charge is -2.35. The molecule has 0 aromatic heterocycles. The van der Waals surface area contributed by atoms with E-state index in [0.717, 1.165) is 49.3 Å². The average Bonchev–Trinajstić information content (AvgIpc) is 2.63. The molecule has 1 aliphatic heterocycles. The van der Waals surface area contributed by atoms with E-state index >= 15 is 0 Å². The number of amides is 2. The van der Waals surface area contributed by atoms with Crippen molar-refractivity contribution in [3.05, 3.63) is 29.3 Å². The summed E-state index contributed by atoms with van der Waals surface area (Å²) in [5.41, 5.74) is 3.06. The zero-order valence-electron chi connectivity index (χ0n) is 17.3. The van der Waals surface area contributed by atoms with E-state index in [1.807, 2.05) is 44.0 Å². The number of hydrogen-bond acceptors (Lipinski definition) is 4. The van der Waals surface area contributed by atoms with Gasteiger partial charge in [0.15, 0.2) is 0 Å². The molecule has 0 aliphatic carbocycles. The first kappa shape index (κ1) is 21.4. The standard InChI is InChI=1S/C21H34N4O2/c1-5-6-10-23(4)16-20(27)25-13-11-24(12-14-25)15-19(26)22-21-17(2)8-7-9-18(21)3/h7-9H,5-6,10-16H2,1-4H3,(H,22,26). The summed E-state index contributed by atoms with van der Waals surface area (Å²) in [7, 11) is 2.00. The quantitative estimate of drug-likeness (QED) is 0.757. The second kappa shape index (κ2) is 10.4. The minimum Gasteiger partial charge on any atom is -0.339 e. The number of unbranched alkanes of at least 4 members (excludes halogenated alkanes) is 1. The first-order valence-corrected chi connectivity index (χ1v) is 9.95. The van der Waals surface area contributed by atoms with Gasteiger partial charge in [0.25, 0.3) is 0 Å². The minimum absolute atomic E-state index is 0.00600. The average molecular weight is 375 g/mol. The molecular formula is C21H34N4O2. The van der Waals surface area contributed by atoms with Gasteiger partial charge in [-0.15, -0.1) is 0 Å². The molecule has 1 aromatic carbocycles. The van der Waals surface area contributed by atoms with Crippen LogP contribution in [0.25, 0.3) is 0 Å². The van der Waals surface area contributed by atoms with Gasteiger partial charge in [-0.25, -0.2) is 0 Å². The van der Waals surface area contributed by atoms with Crippen LogP contribution >= 0.6 is 0 Å². The summed E-state index contributed by atoms with van der Waals surface area (Å²) < 4.78 is 0. The van der Waals surface area contributed by atoms with Gasteiger partial charge in [0.1, 0.15) is 0 Å². The third-order valence-electron chi connectivity index (χ3n) is 5.14. The van der Waals surface area contributed by atoms with Crippen LogP contribution in [0.1, 0.15) is 30.9 Å². The SMILES string of the molecule is CCCCN(C)CC(=O)N1CCN(CC(=O)Nc2c(C)cccc2C)CC1. The maximum absolute atomic E-state index is 12.4. The Morgan fingerprint density at radius 1 is 1.11 bits per heavy atom. The summed E-state index contributed by atoms with van der Waals surface area (Å²) in [6.45, 7) is 10.8. The number of carbonyl (C=O) groups is 2. The Bertz CT molecular complexity index is 619. The Morgan fingerprint density at radius 3 is 2.33 bits per heavy atom. The highest BCUT2D eigenvalue weighted by Crippen LogP contribution is 2.19. The first-order valence-electron chi connectivity index (χ1n) is 9.95. The first-order chi connectivity index (χ1) is 12.9. The zero-order chi connectivity index (χ0) is 19.8. The number of rotatable bonds is 8. The Balaban J connectivity index is 1.75. The van der Waals surface area contributed by atoms with Crippen molar-refractivity contribution in [1.29, 1.82) is 0 Å². The summed E-state index contributed by atoms with van der Waals surface area (Å²) in [5.74, 6) is 0.194. The number of nitrogens with zero attached hydrogens (tertiary/aromatic N) is 3. The van der Waals surface area contributed by atoms with Crippen LogP contribution in [0.3, 0.4) is 0 Å². The third kappa shape index (κ3) is 6.63. The number of nitrogens with one attached hydrogen (secondary N) is 1. The van der Waals surface area contributed by atoms with E-state index in [1.54, 1.807) is 0 Å². The second-order valence-corrected chi connectivity index (χ2v) is 7.56. The summed E-state index contributed by atoms with van der Waals surface area (Å²) in [4.78, 5) is 30.9. The number of aryl methyl sites for hydroxylation is 2. The van der Waals surface area contributed by atoms with Gasteiger partial charge < -0.3 is 10.2 Å². The normalized spacial score (nSPS) is 15.2. The lowest BCUT2D eigenvalue weighted by Crippen LogP contribution is -2.52. The zero-order valence-corrected chi connectivity index (χ0v) is 17.3. The molecule has 0 saturated carbocycles. The molecule has 6 heteroatoms. The molecule has 150 valence electrons. The molecule has 2 rings (SSSR count). The van der Waals surface area contributed by atoms with Crippen LogP contribution in [0.15, 0.2) is 18.2 Å². The molecule has 0 unspecified atom stereocenters. The van der Waals surface area contributed by atoms with Gasteiger partial charge in [-0.05, 0) is 45.0 Å². The summed E-state index contributed by atoms with van der Waals surface area (Å²) in [6, 6.07) is 6.01. The van der Waals surface area contributed by atoms with Crippen molar-refractivity contribution in [2.45, 2.75) is 33.6 Å². The van der Waals surface area contributed by atoms with Crippen LogP contribution in [0.2, 0.25) is 0 Å². The van der Waals surface area contributed by atoms with Gasteiger partial charge in [-0.2, -0.15) is 0 Å². The van der Waals surface area contributed by atoms with E-state index in [-0.39, 0.29) is 11.8 Å². The number of para-hydroxylation sites is 1. The lowest BCUT2D eigenvalue weighted by atomic mass is 10.1. The molecule has 1 heterocycles. The number of anilines is 1. The molecule has 2 amide bonds. The Morgan fingerprint density at radius 2 is 1.74 bits per heavy atom. The van der Waals surface area contributed by atoms with Crippen LogP contribution in [-0.4, -0.2) is 79.4 Å². The van der Waals surface area contributed by atoms with Gasteiger partial charge in [-0.1, -0.05) is 31.5 Å². The van der Waals surface area contributed by atoms with Crippen molar-refractivity contribution in [3.63, 3.8) is 0 Å². The predicted octanol–water partition coefficient (Wildman–Crippen LogP) is 2.12. The van der Waals surface area contributed by atoms with Crippen molar-refractivity contribution in [3.8, 4) is 0 Å². The summed E-state index contributed by atoms with van der Waals surface area (Å²) >= 11 is 0. The predicted molar refractivity (Wildman–Crippen MR) is 110 cm³/mol. The third-order valence-corrected chi connectivity index (χ3v) is 5.14. The summed E-state index contributed by atoms with van der Waals surface area (Å²) in [5, 5.41) is 3.04.